The molecule has 0 radical (unpaired) electrons. The van der Waals surface area contributed by atoms with Gasteiger partial charge < -0.3 is 13.8 Å². The van der Waals surface area contributed by atoms with Crippen molar-refractivity contribution < 1.29 is 13.8 Å². The van der Waals surface area contributed by atoms with Crippen LogP contribution in [0.5, 0.6) is 0 Å². The van der Waals surface area contributed by atoms with Crippen molar-refractivity contribution in [2.75, 3.05) is 13.2 Å². The first-order chi connectivity index (χ1) is 11.7. The monoisotopic (exact) mass is 333 g/mol. The lowest BCUT2D eigenvalue weighted by molar-refractivity contribution is -0.0789. The number of hydrogen-bond donors (Lipinski definition) is 0. The molecule has 0 unspecified atom stereocenters. The van der Waals surface area contributed by atoms with E-state index >= 15 is 0 Å². The second-order valence-electron chi connectivity index (χ2n) is 6.70. The average Bonchev–Trinajstić information content (AvgIpc) is 3.28. The smallest absolute Gasteiger partial charge is 0.246 e. The standard InChI is InChI=1S/C16H23N5O3/c1-10-14(16-17-11(2)19-24-16)21(7-8-22-10)9-13-18-15(20-23-13)12-5-3-4-6-12/h10,12,14H,3-9H2,1-2H3/t10-,14+/m1/s1. The highest BCUT2D eigenvalue weighted by atomic mass is 16.5. The van der Waals surface area contributed by atoms with Crippen LogP contribution in [-0.2, 0) is 11.3 Å². The van der Waals surface area contributed by atoms with Gasteiger partial charge in [-0.3, -0.25) is 4.90 Å². The topological polar surface area (TPSA) is 90.3 Å². The van der Waals surface area contributed by atoms with Crippen LogP contribution in [0.15, 0.2) is 9.05 Å². The van der Waals surface area contributed by atoms with Gasteiger partial charge in [0, 0.05) is 12.5 Å². The molecule has 130 valence electrons. The van der Waals surface area contributed by atoms with Crippen LogP contribution in [0.1, 0.15) is 68.0 Å². The lowest BCUT2D eigenvalue weighted by Crippen LogP contribution is -2.43. The molecule has 0 aromatic carbocycles. The van der Waals surface area contributed by atoms with E-state index in [0.717, 1.165) is 25.2 Å². The molecule has 2 atom stereocenters. The van der Waals surface area contributed by atoms with E-state index in [1.807, 2.05) is 13.8 Å². The van der Waals surface area contributed by atoms with Gasteiger partial charge in [0.2, 0.25) is 11.8 Å². The van der Waals surface area contributed by atoms with Crippen molar-refractivity contribution in [3.63, 3.8) is 0 Å². The second kappa shape index (κ2) is 6.60. The van der Waals surface area contributed by atoms with Crippen LogP contribution in [0.2, 0.25) is 0 Å². The van der Waals surface area contributed by atoms with Crippen LogP contribution in [0.3, 0.4) is 0 Å². The van der Waals surface area contributed by atoms with E-state index in [1.165, 1.54) is 12.8 Å². The van der Waals surface area contributed by atoms with E-state index in [-0.39, 0.29) is 12.1 Å². The minimum absolute atomic E-state index is 0.0316. The Morgan fingerprint density at radius 1 is 1.12 bits per heavy atom. The van der Waals surface area contributed by atoms with Crippen molar-refractivity contribution in [1.29, 1.82) is 0 Å². The van der Waals surface area contributed by atoms with E-state index < -0.39 is 0 Å². The third kappa shape index (κ3) is 3.08. The first-order valence-corrected chi connectivity index (χ1v) is 8.69. The van der Waals surface area contributed by atoms with Gasteiger partial charge in [-0.05, 0) is 26.7 Å². The van der Waals surface area contributed by atoms with Gasteiger partial charge in [0.1, 0.15) is 6.04 Å². The number of ether oxygens (including phenoxy) is 1. The molecule has 1 saturated heterocycles. The summed E-state index contributed by atoms with van der Waals surface area (Å²) in [4.78, 5) is 11.2. The summed E-state index contributed by atoms with van der Waals surface area (Å²) in [6.45, 7) is 5.83. The quantitative estimate of drug-likeness (QED) is 0.842. The largest absolute Gasteiger partial charge is 0.375 e. The van der Waals surface area contributed by atoms with Gasteiger partial charge in [0.15, 0.2) is 11.6 Å². The zero-order chi connectivity index (χ0) is 16.5. The SMILES string of the molecule is Cc1noc([C@@H]2[C@@H](C)OCCN2Cc2nc(C3CCCC3)no2)n1. The summed E-state index contributed by atoms with van der Waals surface area (Å²) in [5, 5.41) is 8.09. The molecule has 2 aromatic heterocycles. The normalized spacial score (nSPS) is 26.2. The van der Waals surface area contributed by atoms with E-state index in [0.29, 0.717) is 36.7 Å². The number of aromatic nitrogens is 4. The van der Waals surface area contributed by atoms with Gasteiger partial charge in [-0.2, -0.15) is 9.97 Å². The Morgan fingerprint density at radius 3 is 2.71 bits per heavy atom. The van der Waals surface area contributed by atoms with Gasteiger partial charge >= 0.3 is 0 Å². The Kier molecular flexibility index (Phi) is 4.32. The number of morpholine rings is 1. The Labute approximate surface area is 140 Å². The molecule has 1 aliphatic heterocycles. The van der Waals surface area contributed by atoms with Crippen LogP contribution in [0, 0.1) is 6.92 Å². The maximum absolute atomic E-state index is 5.77. The van der Waals surface area contributed by atoms with Crippen molar-refractivity contribution >= 4 is 0 Å². The van der Waals surface area contributed by atoms with Crippen LogP contribution in [0.4, 0.5) is 0 Å². The predicted octanol–water partition coefficient (Wildman–Crippen LogP) is 2.38. The Bertz CT molecular complexity index is 679. The van der Waals surface area contributed by atoms with Crippen molar-refractivity contribution in [2.24, 2.45) is 0 Å². The lowest BCUT2D eigenvalue weighted by atomic mass is 10.1. The summed E-state index contributed by atoms with van der Waals surface area (Å²) in [6, 6.07) is -0.0956. The summed E-state index contributed by atoms with van der Waals surface area (Å²) >= 11 is 0. The molecule has 1 saturated carbocycles. The predicted molar refractivity (Wildman–Crippen MR) is 83.1 cm³/mol. The highest BCUT2D eigenvalue weighted by Crippen LogP contribution is 2.33. The van der Waals surface area contributed by atoms with Gasteiger partial charge in [-0.1, -0.05) is 23.2 Å². The summed E-state index contributed by atoms with van der Waals surface area (Å²) in [6.07, 6.45) is 4.81. The fraction of sp³-hybridized carbons (Fsp3) is 0.750. The Balaban J connectivity index is 1.51. The van der Waals surface area contributed by atoms with Gasteiger partial charge in [0.25, 0.3) is 0 Å². The highest BCUT2D eigenvalue weighted by Gasteiger charge is 2.36. The molecule has 2 aromatic rings. The molecule has 0 spiro atoms. The van der Waals surface area contributed by atoms with Crippen LogP contribution >= 0.6 is 0 Å². The number of nitrogens with zero attached hydrogens (tertiary/aromatic N) is 5. The molecule has 8 nitrogen and oxygen atoms in total. The molecule has 3 heterocycles. The molecular formula is C16H23N5O3. The fourth-order valence-electron chi connectivity index (χ4n) is 3.71. The Hall–Kier alpha value is -1.80. The molecule has 2 aliphatic rings. The van der Waals surface area contributed by atoms with Gasteiger partial charge in [0.05, 0.1) is 19.3 Å². The molecule has 8 heteroatoms. The van der Waals surface area contributed by atoms with Crippen LogP contribution < -0.4 is 0 Å². The molecular weight excluding hydrogens is 310 g/mol. The molecule has 1 aliphatic carbocycles. The van der Waals surface area contributed by atoms with E-state index in [1.54, 1.807) is 0 Å². The summed E-state index contributed by atoms with van der Waals surface area (Å²) in [7, 11) is 0. The minimum Gasteiger partial charge on any atom is -0.375 e. The van der Waals surface area contributed by atoms with Crippen molar-refractivity contribution in [2.45, 2.75) is 64.1 Å². The lowest BCUT2D eigenvalue weighted by Gasteiger charge is -2.36. The second-order valence-corrected chi connectivity index (χ2v) is 6.70. The maximum Gasteiger partial charge on any atom is 0.246 e. The molecule has 24 heavy (non-hydrogen) atoms. The van der Waals surface area contributed by atoms with Gasteiger partial charge in [-0.15, -0.1) is 0 Å². The Morgan fingerprint density at radius 2 is 1.96 bits per heavy atom. The third-order valence-electron chi connectivity index (χ3n) is 4.94. The molecule has 0 amide bonds. The number of aryl methyl sites for hydroxylation is 1. The van der Waals surface area contributed by atoms with Crippen molar-refractivity contribution in [1.82, 2.24) is 25.2 Å². The molecule has 4 rings (SSSR count). The summed E-state index contributed by atoms with van der Waals surface area (Å²) < 4.78 is 16.6. The number of hydrogen-bond acceptors (Lipinski definition) is 8. The van der Waals surface area contributed by atoms with Gasteiger partial charge in [-0.25, -0.2) is 0 Å². The summed E-state index contributed by atoms with van der Waals surface area (Å²) in [5.41, 5.74) is 0. The minimum atomic E-state index is -0.0956. The maximum atomic E-state index is 5.77. The van der Waals surface area contributed by atoms with E-state index in [2.05, 4.69) is 25.2 Å². The molecule has 0 bridgehead atoms. The highest BCUT2D eigenvalue weighted by molar-refractivity contribution is 5.01. The van der Waals surface area contributed by atoms with E-state index in [9.17, 15) is 0 Å². The number of rotatable bonds is 4. The first-order valence-electron chi connectivity index (χ1n) is 8.69. The van der Waals surface area contributed by atoms with Crippen molar-refractivity contribution in [3.8, 4) is 0 Å². The third-order valence-corrected chi connectivity index (χ3v) is 4.94. The van der Waals surface area contributed by atoms with E-state index in [4.69, 9.17) is 13.8 Å². The molecule has 2 fully saturated rings. The van der Waals surface area contributed by atoms with Crippen molar-refractivity contribution in [3.05, 3.63) is 23.4 Å². The van der Waals surface area contributed by atoms with Crippen LogP contribution in [-0.4, -0.2) is 44.4 Å². The average molecular weight is 333 g/mol. The summed E-state index contributed by atoms with van der Waals surface area (Å²) in [5.74, 6) is 3.17. The molecule has 0 N–H and O–H groups in total. The fourth-order valence-corrected chi connectivity index (χ4v) is 3.71. The zero-order valence-corrected chi connectivity index (χ0v) is 14.1. The van der Waals surface area contributed by atoms with Crippen LogP contribution in [0.25, 0.3) is 0 Å². The zero-order valence-electron chi connectivity index (χ0n) is 14.1. The first kappa shape index (κ1) is 15.7.